The van der Waals surface area contributed by atoms with Crippen molar-refractivity contribution in [2.45, 2.75) is 26.2 Å². The van der Waals surface area contributed by atoms with Crippen molar-refractivity contribution >= 4 is 5.97 Å². The van der Waals surface area contributed by atoms with Crippen LogP contribution in [-0.4, -0.2) is 33.3 Å². The quantitative estimate of drug-likeness (QED) is 0.800. The summed E-state index contributed by atoms with van der Waals surface area (Å²) in [6, 6.07) is 6.16. The summed E-state index contributed by atoms with van der Waals surface area (Å²) in [6.07, 6.45) is 0. The summed E-state index contributed by atoms with van der Waals surface area (Å²) in [7, 11) is 3.06. The highest BCUT2D eigenvalue weighted by Crippen LogP contribution is 2.27. The summed E-state index contributed by atoms with van der Waals surface area (Å²) >= 11 is 0. The lowest BCUT2D eigenvalue weighted by Crippen LogP contribution is -2.36. The van der Waals surface area contributed by atoms with E-state index in [0.29, 0.717) is 6.54 Å². The Morgan fingerprint density at radius 3 is 2.53 bits per heavy atom. The number of carbonyl (C=O) groups is 1. The third-order valence-corrected chi connectivity index (χ3v) is 3.24. The molecule has 0 atom stereocenters. The molecule has 0 amide bonds. The number of hydrogen-bond acceptors (Lipinski definition) is 4. The highest BCUT2D eigenvalue weighted by atomic mass is 16.5. The van der Waals surface area contributed by atoms with Gasteiger partial charge in [-0.1, -0.05) is 26.0 Å². The van der Waals surface area contributed by atoms with Gasteiger partial charge in [0.2, 0.25) is 0 Å². The summed E-state index contributed by atoms with van der Waals surface area (Å²) in [5.41, 5.74) is 2.26. The molecule has 0 aliphatic heterocycles. The van der Waals surface area contributed by atoms with E-state index >= 15 is 0 Å². The number of rotatable bonds is 6. The molecule has 0 saturated heterocycles. The van der Waals surface area contributed by atoms with Crippen LogP contribution in [0.3, 0.4) is 0 Å². The molecule has 0 saturated carbocycles. The highest BCUT2D eigenvalue weighted by molar-refractivity contribution is 5.71. The van der Waals surface area contributed by atoms with Gasteiger partial charge in [-0.05, 0) is 24.1 Å². The Morgan fingerprint density at radius 2 is 2.00 bits per heavy atom. The van der Waals surface area contributed by atoms with Crippen molar-refractivity contribution in [3.8, 4) is 5.75 Å². The van der Waals surface area contributed by atoms with Gasteiger partial charge in [0.05, 0.1) is 20.8 Å². The van der Waals surface area contributed by atoms with E-state index in [1.54, 1.807) is 7.11 Å². The lowest BCUT2D eigenvalue weighted by Gasteiger charge is -2.26. The average molecular weight is 265 g/mol. The first-order valence-electron chi connectivity index (χ1n) is 6.33. The van der Waals surface area contributed by atoms with E-state index < -0.39 is 0 Å². The number of methoxy groups -OCH3 is 2. The summed E-state index contributed by atoms with van der Waals surface area (Å²) in [6.45, 7) is 7.24. The molecular formula is C15H23NO3. The van der Waals surface area contributed by atoms with Crippen LogP contribution in [-0.2, 0) is 14.9 Å². The first-order chi connectivity index (χ1) is 8.90. The van der Waals surface area contributed by atoms with Gasteiger partial charge in [0.1, 0.15) is 5.75 Å². The van der Waals surface area contributed by atoms with E-state index in [2.05, 4.69) is 36.0 Å². The van der Waals surface area contributed by atoms with Gasteiger partial charge in [0, 0.05) is 12.0 Å². The van der Waals surface area contributed by atoms with E-state index in [-0.39, 0.29) is 17.9 Å². The minimum Gasteiger partial charge on any atom is -0.496 e. The van der Waals surface area contributed by atoms with Gasteiger partial charge in [-0.15, -0.1) is 0 Å². The molecule has 0 heterocycles. The maximum absolute atomic E-state index is 11.1. The Kier molecular flexibility index (Phi) is 5.36. The smallest absolute Gasteiger partial charge is 0.319 e. The zero-order chi connectivity index (χ0) is 14.5. The molecule has 0 unspecified atom stereocenters. The number of benzene rings is 1. The predicted molar refractivity (Wildman–Crippen MR) is 75.6 cm³/mol. The molecule has 0 aliphatic rings. The topological polar surface area (TPSA) is 47.6 Å². The third-order valence-electron chi connectivity index (χ3n) is 3.24. The third kappa shape index (κ3) is 4.24. The maximum Gasteiger partial charge on any atom is 0.319 e. The van der Waals surface area contributed by atoms with Gasteiger partial charge in [-0.25, -0.2) is 0 Å². The Morgan fingerprint density at radius 1 is 1.32 bits per heavy atom. The molecule has 0 bridgehead atoms. The largest absolute Gasteiger partial charge is 0.496 e. The molecule has 1 N–H and O–H groups in total. The molecule has 0 fully saturated rings. The Bertz CT molecular complexity index is 441. The van der Waals surface area contributed by atoms with Crippen LogP contribution in [0.4, 0.5) is 0 Å². The first kappa shape index (κ1) is 15.5. The fourth-order valence-corrected chi connectivity index (χ4v) is 1.95. The normalized spacial score (nSPS) is 11.2. The molecule has 1 aromatic carbocycles. The van der Waals surface area contributed by atoms with Crippen molar-refractivity contribution in [1.82, 2.24) is 5.32 Å². The summed E-state index contributed by atoms with van der Waals surface area (Å²) < 4.78 is 9.87. The monoisotopic (exact) mass is 265 g/mol. The molecular weight excluding hydrogens is 242 g/mol. The molecule has 0 radical (unpaired) electrons. The van der Waals surface area contributed by atoms with Gasteiger partial charge < -0.3 is 14.8 Å². The molecule has 0 aromatic heterocycles. The Labute approximate surface area is 115 Å². The molecule has 106 valence electrons. The zero-order valence-electron chi connectivity index (χ0n) is 12.4. The average Bonchev–Trinajstić information content (AvgIpc) is 2.38. The SMILES string of the molecule is COC(=O)CNCC(C)(C)c1ccc(OC)c(C)c1. The molecule has 4 heteroatoms. The summed E-state index contributed by atoms with van der Waals surface area (Å²) in [5.74, 6) is 0.642. The van der Waals surface area contributed by atoms with Gasteiger partial charge in [-0.2, -0.15) is 0 Å². The van der Waals surface area contributed by atoms with Gasteiger partial charge in [-0.3, -0.25) is 4.79 Å². The standard InChI is InChI=1S/C15H23NO3/c1-11-8-12(6-7-13(11)18-4)15(2,3)10-16-9-14(17)19-5/h6-8,16H,9-10H2,1-5H3. The maximum atomic E-state index is 11.1. The Hall–Kier alpha value is -1.55. The zero-order valence-corrected chi connectivity index (χ0v) is 12.4. The lowest BCUT2D eigenvalue weighted by atomic mass is 9.83. The number of aryl methyl sites for hydroxylation is 1. The number of esters is 1. The number of nitrogens with one attached hydrogen (secondary N) is 1. The van der Waals surface area contributed by atoms with Crippen molar-refractivity contribution in [3.63, 3.8) is 0 Å². The number of hydrogen-bond donors (Lipinski definition) is 1. The van der Waals surface area contributed by atoms with E-state index in [9.17, 15) is 4.79 Å². The van der Waals surface area contributed by atoms with Gasteiger partial charge in [0.15, 0.2) is 0 Å². The first-order valence-corrected chi connectivity index (χ1v) is 6.33. The van der Waals surface area contributed by atoms with Crippen molar-refractivity contribution in [1.29, 1.82) is 0 Å². The molecule has 0 aliphatic carbocycles. The van der Waals surface area contributed by atoms with Gasteiger partial charge in [0.25, 0.3) is 0 Å². The van der Waals surface area contributed by atoms with Crippen LogP contribution in [0.25, 0.3) is 0 Å². The van der Waals surface area contributed by atoms with E-state index in [4.69, 9.17) is 4.74 Å². The summed E-state index contributed by atoms with van der Waals surface area (Å²) in [4.78, 5) is 11.1. The van der Waals surface area contributed by atoms with Crippen LogP contribution in [0.15, 0.2) is 18.2 Å². The molecule has 1 rings (SSSR count). The van der Waals surface area contributed by atoms with E-state index in [0.717, 1.165) is 11.3 Å². The second kappa shape index (κ2) is 6.57. The molecule has 0 spiro atoms. The minimum atomic E-state index is -0.248. The fourth-order valence-electron chi connectivity index (χ4n) is 1.95. The van der Waals surface area contributed by atoms with Crippen molar-refractivity contribution < 1.29 is 14.3 Å². The van der Waals surface area contributed by atoms with Crippen LogP contribution >= 0.6 is 0 Å². The van der Waals surface area contributed by atoms with Crippen LogP contribution in [0, 0.1) is 6.92 Å². The predicted octanol–water partition coefficient (Wildman–Crippen LogP) is 2.04. The van der Waals surface area contributed by atoms with Crippen LogP contribution < -0.4 is 10.1 Å². The molecule has 19 heavy (non-hydrogen) atoms. The van der Waals surface area contributed by atoms with Gasteiger partial charge >= 0.3 is 5.97 Å². The van der Waals surface area contributed by atoms with E-state index in [1.165, 1.54) is 12.7 Å². The lowest BCUT2D eigenvalue weighted by molar-refractivity contribution is -0.139. The molecule has 4 nitrogen and oxygen atoms in total. The van der Waals surface area contributed by atoms with Crippen LogP contribution in [0.1, 0.15) is 25.0 Å². The van der Waals surface area contributed by atoms with Crippen molar-refractivity contribution in [2.24, 2.45) is 0 Å². The summed E-state index contributed by atoms with van der Waals surface area (Å²) in [5, 5.41) is 3.12. The van der Waals surface area contributed by atoms with Crippen LogP contribution in [0.5, 0.6) is 5.75 Å². The second-order valence-corrected chi connectivity index (χ2v) is 5.25. The number of carbonyl (C=O) groups excluding carboxylic acids is 1. The second-order valence-electron chi connectivity index (χ2n) is 5.25. The van der Waals surface area contributed by atoms with E-state index in [1.807, 2.05) is 13.0 Å². The Balaban J connectivity index is 2.71. The minimum absolute atomic E-state index is 0.0644. The van der Waals surface area contributed by atoms with Crippen molar-refractivity contribution in [2.75, 3.05) is 27.3 Å². The molecule has 1 aromatic rings. The van der Waals surface area contributed by atoms with Crippen molar-refractivity contribution in [3.05, 3.63) is 29.3 Å². The van der Waals surface area contributed by atoms with Crippen LogP contribution in [0.2, 0.25) is 0 Å². The number of ether oxygens (including phenoxy) is 2. The highest BCUT2D eigenvalue weighted by Gasteiger charge is 2.21. The fraction of sp³-hybridized carbons (Fsp3) is 0.533.